The Kier molecular flexibility index (Phi) is 7.93. The lowest BCUT2D eigenvalue weighted by Crippen LogP contribution is -2.32. The van der Waals surface area contributed by atoms with Crippen LogP contribution in [-0.4, -0.2) is 43.0 Å². The van der Waals surface area contributed by atoms with Crippen molar-refractivity contribution in [3.05, 3.63) is 64.6 Å². The number of allylic oxidation sites excluding steroid dienone is 2. The Balaban J connectivity index is 1.63. The van der Waals surface area contributed by atoms with E-state index in [1.54, 1.807) is 13.0 Å². The Morgan fingerprint density at radius 3 is 2.66 bits per heavy atom. The molecule has 5 N–H and O–H groups in total. The molecule has 0 saturated heterocycles. The summed E-state index contributed by atoms with van der Waals surface area (Å²) in [5.74, 6) is -1.57. The molecule has 0 fully saturated rings. The van der Waals surface area contributed by atoms with Crippen molar-refractivity contribution in [1.82, 2.24) is 19.7 Å². The summed E-state index contributed by atoms with van der Waals surface area (Å²) in [6.45, 7) is 1.71. The van der Waals surface area contributed by atoms with Crippen LogP contribution in [-0.2, 0) is 4.79 Å². The topological polar surface area (TPSA) is 142 Å². The summed E-state index contributed by atoms with van der Waals surface area (Å²) < 4.78 is 49.7. The van der Waals surface area contributed by atoms with Gasteiger partial charge < -0.3 is 21.3 Å². The molecule has 3 unspecified atom stereocenters. The average molecular weight is 551 g/mol. The van der Waals surface area contributed by atoms with Crippen LogP contribution in [0.2, 0.25) is 5.02 Å². The van der Waals surface area contributed by atoms with Crippen molar-refractivity contribution in [2.24, 2.45) is 11.7 Å². The van der Waals surface area contributed by atoms with E-state index in [9.17, 15) is 18.0 Å². The number of carboxylic acid groups (broad SMARTS) is 1. The quantitative estimate of drug-likeness (QED) is 0.360. The van der Waals surface area contributed by atoms with Gasteiger partial charge in [-0.05, 0) is 62.3 Å². The van der Waals surface area contributed by atoms with Gasteiger partial charge in [0.15, 0.2) is 0 Å². The SMILES string of the molecule is Cc1ccn(-c2cc(Cl)ccc2C(Oc2cc(C3=CCC(CC(N)C(=O)O)CC3)nc(N)n2)C(F)(F)F)n1. The summed E-state index contributed by atoms with van der Waals surface area (Å²) in [6, 6.07) is 5.99. The van der Waals surface area contributed by atoms with Crippen LogP contribution in [0.1, 0.15) is 48.7 Å². The first-order chi connectivity index (χ1) is 17.9. The molecule has 2 aromatic heterocycles. The molecule has 2 heterocycles. The number of nitrogens with two attached hydrogens (primary N) is 2. The predicted molar refractivity (Wildman–Crippen MR) is 135 cm³/mol. The lowest BCUT2D eigenvalue weighted by atomic mass is 9.84. The number of aryl methyl sites for hydroxylation is 1. The first-order valence-corrected chi connectivity index (χ1v) is 12.2. The molecule has 4 rings (SSSR count). The molecule has 0 amide bonds. The number of nitrogens with zero attached hydrogens (tertiary/aromatic N) is 4. The predicted octanol–water partition coefficient (Wildman–Crippen LogP) is 4.87. The second-order valence-electron chi connectivity index (χ2n) is 9.14. The third-order valence-electron chi connectivity index (χ3n) is 6.25. The lowest BCUT2D eigenvalue weighted by molar-refractivity contribution is -0.198. The van der Waals surface area contributed by atoms with Gasteiger partial charge in [0.05, 0.1) is 17.1 Å². The molecule has 3 aromatic rings. The zero-order valence-corrected chi connectivity index (χ0v) is 21.1. The molecule has 1 aliphatic rings. The molecule has 9 nitrogen and oxygen atoms in total. The highest BCUT2D eigenvalue weighted by atomic mass is 35.5. The molecule has 38 heavy (non-hydrogen) atoms. The first-order valence-electron chi connectivity index (χ1n) is 11.8. The second kappa shape index (κ2) is 11.0. The van der Waals surface area contributed by atoms with E-state index in [4.69, 9.17) is 32.9 Å². The van der Waals surface area contributed by atoms with Crippen molar-refractivity contribution in [2.75, 3.05) is 5.73 Å². The molecule has 0 saturated carbocycles. The van der Waals surface area contributed by atoms with Crippen molar-refractivity contribution in [2.45, 2.75) is 50.9 Å². The third-order valence-corrected chi connectivity index (χ3v) is 6.49. The number of aromatic nitrogens is 4. The minimum atomic E-state index is -4.81. The molecule has 0 spiro atoms. The standard InChI is InChI=1S/C25H26ClF3N6O3/c1-13-8-9-35(34-13)20-11-16(26)6-7-17(20)22(25(27,28)29)38-21-12-19(32-24(31)33-21)15-4-2-14(3-5-15)10-18(30)23(36)37/h4,6-9,11-12,14,18,22H,2-3,5,10,30H2,1H3,(H,36,37)(H2,31,32,33). The molecule has 0 radical (unpaired) electrons. The van der Waals surface area contributed by atoms with Gasteiger partial charge in [-0.15, -0.1) is 0 Å². The Labute approximate surface area is 221 Å². The van der Waals surface area contributed by atoms with E-state index >= 15 is 0 Å². The highest BCUT2D eigenvalue weighted by molar-refractivity contribution is 6.30. The molecule has 202 valence electrons. The first kappa shape index (κ1) is 27.4. The molecule has 13 heteroatoms. The number of hydrogen-bond donors (Lipinski definition) is 3. The number of alkyl halides is 3. The molecule has 1 aromatic carbocycles. The zero-order chi connectivity index (χ0) is 27.6. The van der Waals surface area contributed by atoms with Crippen LogP contribution < -0.4 is 16.2 Å². The molecule has 0 aliphatic heterocycles. The smallest absolute Gasteiger partial charge is 0.429 e. The Hall–Kier alpha value is -3.64. The van der Waals surface area contributed by atoms with Gasteiger partial charge in [-0.2, -0.15) is 23.3 Å². The van der Waals surface area contributed by atoms with E-state index in [0.717, 1.165) is 5.57 Å². The van der Waals surface area contributed by atoms with Crippen LogP contribution in [0.15, 0.2) is 42.6 Å². The van der Waals surface area contributed by atoms with Crippen molar-refractivity contribution in [3.8, 4) is 11.6 Å². The summed E-state index contributed by atoms with van der Waals surface area (Å²) in [5.41, 5.74) is 13.1. The zero-order valence-electron chi connectivity index (χ0n) is 20.3. The average Bonchev–Trinajstić information content (AvgIpc) is 3.28. The van der Waals surface area contributed by atoms with Gasteiger partial charge in [0, 0.05) is 22.8 Å². The van der Waals surface area contributed by atoms with Gasteiger partial charge in [-0.3, -0.25) is 4.79 Å². The largest absolute Gasteiger partial charge is 0.480 e. The maximum Gasteiger partial charge on any atom is 0.429 e. The Morgan fingerprint density at radius 1 is 1.29 bits per heavy atom. The fourth-order valence-electron chi connectivity index (χ4n) is 4.38. The lowest BCUT2D eigenvalue weighted by Gasteiger charge is -2.25. The molecular weight excluding hydrogens is 525 g/mol. The highest BCUT2D eigenvalue weighted by Gasteiger charge is 2.45. The van der Waals surface area contributed by atoms with Gasteiger partial charge in [0.1, 0.15) is 6.04 Å². The molecule has 1 aliphatic carbocycles. The number of benzene rings is 1. The number of aliphatic carboxylic acids is 1. The van der Waals surface area contributed by atoms with Crippen molar-refractivity contribution < 1.29 is 27.8 Å². The maximum atomic E-state index is 14.3. The van der Waals surface area contributed by atoms with Crippen molar-refractivity contribution >= 4 is 29.1 Å². The molecule has 0 bridgehead atoms. The van der Waals surface area contributed by atoms with E-state index in [1.807, 2.05) is 6.08 Å². The Bertz CT molecular complexity index is 1360. The number of hydrogen-bond acceptors (Lipinski definition) is 7. The number of halogens is 4. The van der Waals surface area contributed by atoms with Crippen LogP contribution in [0.3, 0.4) is 0 Å². The number of ether oxygens (including phenoxy) is 1. The highest BCUT2D eigenvalue weighted by Crippen LogP contribution is 2.40. The van der Waals surface area contributed by atoms with Crippen molar-refractivity contribution in [1.29, 1.82) is 0 Å². The van der Waals surface area contributed by atoms with Crippen LogP contribution in [0.4, 0.5) is 19.1 Å². The molecular formula is C25H26ClF3N6O3. The van der Waals surface area contributed by atoms with Gasteiger partial charge in [0.2, 0.25) is 17.9 Å². The number of carboxylic acids is 1. The fraction of sp³-hybridized carbons (Fsp3) is 0.360. The summed E-state index contributed by atoms with van der Waals surface area (Å²) >= 11 is 6.09. The van der Waals surface area contributed by atoms with E-state index in [1.165, 1.54) is 35.1 Å². The Morgan fingerprint density at radius 2 is 2.05 bits per heavy atom. The summed E-state index contributed by atoms with van der Waals surface area (Å²) in [6.07, 6.45) is -1.76. The van der Waals surface area contributed by atoms with E-state index in [0.29, 0.717) is 37.1 Å². The van der Waals surface area contributed by atoms with E-state index in [2.05, 4.69) is 15.1 Å². The van der Waals surface area contributed by atoms with E-state index < -0.39 is 24.3 Å². The number of anilines is 1. The summed E-state index contributed by atoms with van der Waals surface area (Å²) in [7, 11) is 0. The van der Waals surface area contributed by atoms with Gasteiger partial charge >= 0.3 is 12.1 Å². The maximum absolute atomic E-state index is 14.3. The van der Waals surface area contributed by atoms with Gasteiger partial charge in [-0.25, -0.2) is 9.67 Å². The molecule has 3 atom stereocenters. The van der Waals surface area contributed by atoms with E-state index in [-0.39, 0.29) is 34.0 Å². The number of nitrogen functional groups attached to an aromatic ring is 1. The normalized spacial score (nSPS) is 17.5. The van der Waals surface area contributed by atoms with Crippen molar-refractivity contribution in [3.63, 3.8) is 0 Å². The van der Waals surface area contributed by atoms with Crippen LogP contribution >= 0.6 is 11.6 Å². The minimum Gasteiger partial charge on any atom is -0.480 e. The monoisotopic (exact) mass is 550 g/mol. The van der Waals surface area contributed by atoms with Crippen LogP contribution in [0.5, 0.6) is 5.88 Å². The number of carbonyl (C=O) groups is 1. The third kappa shape index (κ3) is 6.43. The summed E-state index contributed by atoms with van der Waals surface area (Å²) in [5, 5.41) is 13.5. The fourth-order valence-corrected chi connectivity index (χ4v) is 4.54. The minimum absolute atomic E-state index is 0.0728. The van der Waals surface area contributed by atoms with Crippen LogP contribution in [0.25, 0.3) is 11.3 Å². The van der Waals surface area contributed by atoms with Crippen LogP contribution in [0, 0.1) is 12.8 Å². The number of rotatable bonds is 8. The van der Waals surface area contributed by atoms with Gasteiger partial charge in [-0.1, -0.05) is 23.7 Å². The summed E-state index contributed by atoms with van der Waals surface area (Å²) in [4.78, 5) is 19.1. The van der Waals surface area contributed by atoms with Gasteiger partial charge in [0.25, 0.3) is 0 Å². The second-order valence-corrected chi connectivity index (χ2v) is 9.58.